The van der Waals surface area contributed by atoms with Crippen molar-refractivity contribution in [3.8, 4) is 5.69 Å². The molecular formula is C17H16FN3O5. The Hall–Kier alpha value is -3.23. The highest BCUT2D eigenvalue weighted by molar-refractivity contribution is 5.86. The van der Waals surface area contributed by atoms with Gasteiger partial charge in [0.05, 0.1) is 5.69 Å². The topological polar surface area (TPSA) is 102 Å². The highest BCUT2D eigenvalue weighted by Crippen LogP contribution is 2.09. The minimum Gasteiger partial charge on any atom is -0.477 e. The average Bonchev–Trinajstić information content (AvgIpc) is 3.00. The zero-order chi connectivity index (χ0) is 18.8. The van der Waals surface area contributed by atoms with E-state index >= 15 is 0 Å². The molecule has 3 rings (SSSR count). The number of hydrogen-bond donors (Lipinski definition) is 1. The fraction of sp³-hybridized carbons (Fsp3) is 0.294. The van der Waals surface area contributed by atoms with Crippen molar-refractivity contribution < 1.29 is 19.1 Å². The minimum absolute atomic E-state index is 0.0247. The van der Waals surface area contributed by atoms with E-state index in [9.17, 15) is 28.7 Å². The predicted molar refractivity (Wildman–Crippen MR) is 89.0 cm³/mol. The molecule has 0 radical (unpaired) electrons. The van der Waals surface area contributed by atoms with Crippen LogP contribution in [0.4, 0.5) is 4.39 Å². The van der Waals surface area contributed by atoms with Gasteiger partial charge in [-0.25, -0.2) is 18.5 Å². The van der Waals surface area contributed by atoms with Gasteiger partial charge in [0.15, 0.2) is 0 Å². The SMILES string of the molecule is O=C(O)c1cn(CCN2CCCC2=O)c(=O)n(-c2ccc(F)cc2)c1=O. The molecule has 0 atom stereocenters. The van der Waals surface area contributed by atoms with Gasteiger partial charge in [-0.2, -0.15) is 0 Å². The second kappa shape index (κ2) is 6.95. The minimum atomic E-state index is -1.48. The Bertz CT molecular complexity index is 977. The number of aromatic nitrogens is 2. The zero-order valence-corrected chi connectivity index (χ0v) is 13.7. The van der Waals surface area contributed by atoms with Gasteiger partial charge in [0.2, 0.25) is 5.91 Å². The fourth-order valence-electron chi connectivity index (χ4n) is 2.90. The van der Waals surface area contributed by atoms with E-state index in [0.717, 1.165) is 29.3 Å². The molecule has 8 nitrogen and oxygen atoms in total. The molecule has 2 aromatic rings. The predicted octanol–water partition coefficient (Wildman–Crippen LogP) is 0.459. The van der Waals surface area contributed by atoms with E-state index in [-0.39, 0.29) is 24.7 Å². The Balaban J connectivity index is 2.05. The summed E-state index contributed by atoms with van der Waals surface area (Å²) < 4.78 is 14.9. The lowest BCUT2D eigenvalue weighted by Crippen LogP contribution is -2.43. The third-order valence-corrected chi connectivity index (χ3v) is 4.25. The van der Waals surface area contributed by atoms with E-state index in [0.29, 0.717) is 17.5 Å². The summed E-state index contributed by atoms with van der Waals surface area (Å²) in [7, 11) is 0. The van der Waals surface area contributed by atoms with Crippen LogP contribution in [0.3, 0.4) is 0 Å². The first-order valence-corrected chi connectivity index (χ1v) is 8.02. The maximum absolute atomic E-state index is 13.1. The Morgan fingerprint density at radius 1 is 1.12 bits per heavy atom. The number of hydrogen-bond acceptors (Lipinski definition) is 4. The number of nitrogens with zero attached hydrogens (tertiary/aromatic N) is 3. The summed E-state index contributed by atoms with van der Waals surface area (Å²) >= 11 is 0. The van der Waals surface area contributed by atoms with Crippen molar-refractivity contribution in [1.29, 1.82) is 0 Å². The van der Waals surface area contributed by atoms with Gasteiger partial charge in [0, 0.05) is 32.3 Å². The molecule has 1 aliphatic heterocycles. The Morgan fingerprint density at radius 3 is 2.38 bits per heavy atom. The first-order chi connectivity index (χ1) is 12.4. The molecule has 0 spiro atoms. The molecule has 1 aromatic heterocycles. The number of likely N-dealkylation sites (tertiary alicyclic amines) is 1. The largest absolute Gasteiger partial charge is 0.477 e. The molecule has 1 aliphatic rings. The van der Waals surface area contributed by atoms with Gasteiger partial charge in [-0.3, -0.25) is 14.2 Å². The van der Waals surface area contributed by atoms with E-state index in [2.05, 4.69) is 0 Å². The third kappa shape index (κ3) is 3.28. The smallest absolute Gasteiger partial charge is 0.342 e. The number of aromatic carboxylic acids is 1. The molecule has 0 saturated carbocycles. The summed E-state index contributed by atoms with van der Waals surface area (Å²) in [5.41, 5.74) is -2.27. The number of carbonyl (C=O) groups excluding carboxylic acids is 1. The van der Waals surface area contributed by atoms with Crippen LogP contribution in [-0.2, 0) is 11.3 Å². The first kappa shape index (κ1) is 17.6. The van der Waals surface area contributed by atoms with E-state index in [1.54, 1.807) is 4.90 Å². The van der Waals surface area contributed by atoms with Gasteiger partial charge in [-0.1, -0.05) is 0 Å². The lowest BCUT2D eigenvalue weighted by atomic mass is 10.3. The van der Waals surface area contributed by atoms with Crippen LogP contribution in [0, 0.1) is 5.82 Å². The zero-order valence-electron chi connectivity index (χ0n) is 13.7. The lowest BCUT2D eigenvalue weighted by molar-refractivity contribution is -0.127. The molecule has 9 heteroatoms. The number of halogens is 1. The Morgan fingerprint density at radius 2 is 1.81 bits per heavy atom. The average molecular weight is 361 g/mol. The van der Waals surface area contributed by atoms with E-state index < -0.39 is 28.6 Å². The number of benzene rings is 1. The molecule has 1 aromatic carbocycles. The van der Waals surface area contributed by atoms with Crippen molar-refractivity contribution in [3.63, 3.8) is 0 Å². The van der Waals surface area contributed by atoms with Crippen molar-refractivity contribution in [2.24, 2.45) is 0 Å². The van der Waals surface area contributed by atoms with Gasteiger partial charge in [-0.15, -0.1) is 0 Å². The van der Waals surface area contributed by atoms with Crippen molar-refractivity contribution in [1.82, 2.24) is 14.0 Å². The van der Waals surface area contributed by atoms with Gasteiger partial charge >= 0.3 is 11.7 Å². The molecule has 1 N–H and O–H groups in total. The van der Waals surface area contributed by atoms with Crippen LogP contribution in [0.15, 0.2) is 40.1 Å². The maximum atomic E-state index is 13.1. The van der Waals surface area contributed by atoms with Crippen LogP contribution in [0.5, 0.6) is 0 Å². The Kier molecular flexibility index (Phi) is 4.70. The van der Waals surface area contributed by atoms with Crippen LogP contribution < -0.4 is 11.2 Å². The molecule has 2 heterocycles. The first-order valence-electron chi connectivity index (χ1n) is 8.02. The molecule has 1 saturated heterocycles. The normalized spacial score (nSPS) is 14.0. The third-order valence-electron chi connectivity index (χ3n) is 4.25. The number of carbonyl (C=O) groups is 2. The summed E-state index contributed by atoms with van der Waals surface area (Å²) in [6.07, 6.45) is 2.17. The van der Waals surface area contributed by atoms with Gasteiger partial charge in [-0.05, 0) is 30.7 Å². The number of amides is 1. The summed E-state index contributed by atoms with van der Waals surface area (Å²) in [6.45, 7) is 0.864. The number of rotatable bonds is 5. The van der Waals surface area contributed by atoms with E-state index in [1.165, 1.54) is 12.1 Å². The maximum Gasteiger partial charge on any atom is 0.342 e. The highest BCUT2D eigenvalue weighted by atomic mass is 19.1. The van der Waals surface area contributed by atoms with Crippen LogP contribution in [0.2, 0.25) is 0 Å². The second-order valence-corrected chi connectivity index (χ2v) is 5.93. The van der Waals surface area contributed by atoms with Gasteiger partial charge < -0.3 is 10.0 Å². The number of carboxylic acid groups (broad SMARTS) is 1. The molecule has 0 aliphatic carbocycles. The van der Waals surface area contributed by atoms with Crippen LogP contribution in [0.25, 0.3) is 5.69 Å². The van der Waals surface area contributed by atoms with Crippen LogP contribution in [-0.4, -0.2) is 44.1 Å². The van der Waals surface area contributed by atoms with Gasteiger partial charge in [0.25, 0.3) is 5.56 Å². The highest BCUT2D eigenvalue weighted by Gasteiger charge is 2.21. The molecule has 1 amide bonds. The molecular weight excluding hydrogens is 345 g/mol. The quantitative estimate of drug-likeness (QED) is 0.834. The monoisotopic (exact) mass is 361 g/mol. The van der Waals surface area contributed by atoms with E-state index in [1.807, 2.05) is 0 Å². The summed E-state index contributed by atoms with van der Waals surface area (Å²) in [5, 5.41) is 9.27. The molecule has 0 bridgehead atoms. The second-order valence-electron chi connectivity index (χ2n) is 5.93. The van der Waals surface area contributed by atoms with Crippen LogP contribution >= 0.6 is 0 Å². The molecule has 0 unspecified atom stereocenters. The number of carboxylic acids is 1. The van der Waals surface area contributed by atoms with E-state index in [4.69, 9.17) is 0 Å². The van der Waals surface area contributed by atoms with Crippen molar-refractivity contribution in [2.75, 3.05) is 13.1 Å². The standard InChI is InChI=1S/C17H16FN3O5/c18-11-3-5-12(6-4-11)21-15(23)13(16(24)25)10-20(17(21)26)9-8-19-7-1-2-14(19)22/h3-6,10H,1-2,7-9H2,(H,24,25). The molecule has 136 valence electrons. The summed E-state index contributed by atoms with van der Waals surface area (Å²) in [5.74, 6) is -2.05. The van der Waals surface area contributed by atoms with Gasteiger partial charge in [0.1, 0.15) is 11.4 Å². The van der Waals surface area contributed by atoms with Crippen molar-refractivity contribution in [2.45, 2.75) is 19.4 Å². The fourth-order valence-corrected chi connectivity index (χ4v) is 2.90. The molecule has 1 fully saturated rings. The van der Waals surface area contributed by atoms with Crippen molar-refractivity contribution in [3.05, 3.63) is 62.7 Å². The molecule has 26 heavy (non-hydrogen) atoms. The summed E-state index contributed by atoms with van der Waals surface area (Å²) in [4.78, 5) is 49.7. The lowest BCUT2D eigenvalue weighted by Gasteiger charge is -2.17. The summed E-state index contributed by atoms with van der Waals surface area (Å²) in [6, 6.07) is 4.58. The van der Waals surface area contributed by atoms with Crippen LogP contribution in [0.1, 0.15) is 23.2 Å². The Labute approximate surface area is 146 Å². The van der Waals surface area contributed by atoms with Crippen molar-refractivity contribution >= 4 is 11.9 Å².